The Kier molecular flexibility index (Phi) is 5.50. The molecule has 10 heteroatoms. The van der Waals surface area contributed by atoms with Gasteiger partial charge in [-0.25, -0.2) is 10.4 Å². The number of aromatic nitrogens is 1. The summed E-state index contributed by atoms with van der Waals surface area (Å²) in [6.07, 6.45) is -3.21. The minimum atomic E-state index is -4.65. The molecule has 0 fully saturated rings. The van der Waals surface area contributed by atoms with Crippen molar-refractivity contribution in [2.75, 3.05) is 5.73 Å². The van der Waals surface area contributed by atoms with Crippen LogP contribution in [0.3, 0.4) is 0 Å². The molecule has 0 spiro atoms. The Balaban J connectivity index is 1.70. The zero-order valence-corrected chi connectivity index (χ0v) is 17.7. The number of alkyl halides is 3. The number of anilines is 1. The van der Waals surface area contributed by atoms with Crippen molar-refractivity contribution in [1.82, 2.24) is 10.4 Å². The molecule has 3 N–H and O–H groups in total. The summed E-state index contributed by atoms with van der Waals surface area (Å²) < 4.78 is 41.2. The third kappa shape index (κ3) is 4.30. The van der Waals surface area contributed by atoms with Gasteiger partial charge in [0.05, 0.1) is 28.0 Å². The predicted octanol–water partition coefficient (Wildman–Crippen LogP) is 5.70. The van der Waals surface area contributed by atoms with Gasteiger partial charge in [0.2, 0.25) is 0 Å². The quantitative estimate of drug-likeness (QED) is 0.303. The Morgan fingerprint density at radius 3 is 2.61 bits per heavy atom. The SMILES string of the molecule is Cc1ccc(/C=N/NC(=O)c2sc3nc(-c4cccs4)cc(C(F)(F)F)c3c2N)cc1. The van der Waals surface area contributed by atoms with Crippen molar-refractivity contribution in [3.05, 3.63) is 69.4 Å². The summed E-state index contributed by atoms with van der Waals surface area (Å²) in [4.78, 5) is 17.4. The summed E-state index contributed by atoms with van der Waals surface area (Å²) >= 11 is 2.08. The van der Waals surface area contributed by atoms with E-state index in [1.807, 2.05) is 31.2 Å². The first-order valence-corrected chi connectivity index (χ1v) is 10.7. The number of nitrogens with zero attached hydrogens (tertiary/aromatic N) is 2. The summed E-state index contributed by atoms with van der Waals surface area (Å²) in [6, 6.07) is 11.8. The highest BCUT2D eigenvalue weighted by Crippen LogP contribution is 2.43. The second kappa shape index (κ2) is 8.12. The summed E-state index contributed by atoms with van der Waals surface area (Å²) in [7, 11) is 0. The Labute approximate surface area is 183 Å². The van der Waals surface area contributed by atoms with E-state index < -0.39 is 17.6 Å². The van der Waals surface area contributed by atoms with Crippen molar-refractivity contribution in [3.63, 3.8) is 0 Å². The average molecular weight is 461 g/mol. The van der Waals surface area contributed by atoms with Gasteiger partial charge in [-0.05, 0) is 30.0 Å². The second-order valence-electron chi connectivity index (χ2n) is 6.66. The number of aryl methyl sites for hydroxylation is 1. The van der Waals surface area contributed by atoms with Crippen LogP contribution in [-0.4, -0.2) is 17.1 Å². The average Bonchev–Trinajstić information content (AvgIpc) is 3.36. The number of rotatable bonds is 4. The molecule has 1 aromatic carbocycles. The van der Waals surface area contributed by atoms with Crippen LogP contribution in [-0.2, 0) is 6.18 Å². The number of hydrazone groups is 1. The molecule has 0 saturated heterocycles. The van der Waals surface area contributed by atoms with E-state index in [1.54, 1.807) is 17.5 Å². The van der Waals surface area contributed by atoms with E-state index in [2.05, 4.69) is 15.5 Å². The van der Waals surface area contributed by atoms with Crippen LogP contribution in [0, 0.1) is 6.92 Å². The zero-order valence-electron chi connectivity index (χ0n) is 16.0. The van der Waals surface area contributed by atoms with Gasteiger partial charge >= 0.3 is 6.18 Å². The van der Waals surface area contributed by atoms with E-state index in [4.69, 9.17) is 5.73 Å². The maximum absolute atomic E-state index is 13.7. The minimum Gasteiger partial charge on any atom is -0.397 e. The highest BCUT2D eigenvalue weighted by atomic mass is 32.1. The van der Waals surface area contributed by atoms with Gasteiger partial charge in [-0.15, -0.1) is 22.7 Å². The first-order chi connectivity index (χ1) is 14.7. The first-order valence-electron chi connectivity index (χ1n) is 8.98. The van der Waals surface area contributed by atoms with Crippen LogP contribution in [0.15, 0.2) is 52.9 Å². The monoisotopic (exact) mass is 460 g/mol. The molecule has 0 aliphatic rings. The van der Waals surface area contributed by atoms with Gasteiger partial charge in [-0.1, -0.05) is 35.9 Å². The van der Waals surface area contributed by atoms with Gasteiger partial charge in [0.25, 0.3) is 5.91 Å². The van der Waals surface area contributed by atoms with Crippen LogP contribution in [0.4, 0.5) is 18.9 Å². The number of carbonyl (C=O) groups is 1. The van der Waals surface area contributed by atoms with Crippen LogP contribution in [0.25, 0.3) is 20.8 Å². The van der Waals surface area contributed by atoms with Gasteiger partial charge in [-0.3, -0.25) is 4.79 Å². The van der Waals surface area contributed by atoms with Gasteiger partial charge in [0.1, 0.15) is 9.71 Å². The number of hydrogen-bond donors (Lipinski definition) is 2. The molecule has 0 aliphatic heterocycles. The minimum absolute atomic E-state index is 0.0448. The molecule has 5 nitrogen and oxygen atoms in total. The molecular formula is C21H15F3N4OS2. The van der Waals surface area contributed by atoms with Crippen molar-refractivity contribution in [2.45, 2.75) is 13.1 Å². The standard InChI is InChI=1S/C21H15F3N4OS2/c1-11-4-6-12(7-5-11)10-26-28-19(29)18-17(25)16-13(21(22,23)24)9-14(27-20(16)31-18)15-3-2-8-30-15/h2-10H,25H2,1H3,(H,28,29)/b26-10+. The molecule has 0 bridgehead atoms. The van der Waals surface area contributed by atoms with Crippen molar-refractivity contribution in [2.24, 2.45) is 5.10 Å². The van der Waals surface area contributed by atoms with Crippen LogP contribution in [0.1, 0.15) is 26.4 Å². The highest BCUT2D eigenvalue weighted by molar-refractivity contribution is 7.21. The van der Waals surface area contributed by atoms with Crippen molar-refractivity contribution in [3.8, 4) is 10.6 Å². The fourth-order valence-corrected chi connectivity index (χ4v) is 4.63. The predicted molar refractivity (Wildman–Crippen MR) is 119 cm³/mol. The lowest BCUT2D eigenvalue weighted by Crippen LogP contribution is -2.17. The van der Waals surface area contributed by atoms with E-state index in [0.717, 1.165) is 28.5 Å². The molecule has 0 aliphatic carbocycles. The lowest BCUT2D eigenvalue weighted by molar-refractivity contribution is -0.136. The number of hydrogen-bond acceptors (Lipinski definition) is 6. The Hall–Kier alpha value is -3.24. The number of amides is 1. The maximum atomic E-state index is 13.7. The summed E-state index contributed by atoms with van der Waals surface area (Å²) in [5.74, 6) is -0.699. The van der Waals surface area contributed by atoms with Gasteiger partial charge < -0.3 is 5.73 Å². The molecule has 31 heavy (non-hydrogen) atoms. The summed E-state index contributed by atoms with van der Waals surface area (Å²) in [5, 5.41) is 5.35. The fourth-order valence-electron chi connectivity index (χ4n) is 2.93. The summed E-state index contributed by atoms with van der Waals surface area (Å²) in [5.41, 5.74) is 9.12. The molecule has 3 aromatic heterocycles. The van der Waals surface area contributed by atoms with Crippen LogP contribution < -0.4 is 11.2 Å². The van der Waals surface area contributed by atoms with E-state index in [1.165, 1.54) is 17.6 Å². The second-order valence-corrected chi connectivity index (χ2v) is 8.61. The number of halogens is 3. The van der Waals surface area contributed by atoms with Gasteiger partial charge in [0, 0.05) is 5.39 Å². The van der Waals surface area contributed by atoms with Crippen LogP contribution in [0.5, 0.6) is 0 Å². The number of benzene rings is 1. The zero-order chi connectivity index (χ0) is 22.2. The molecule has 0 saturated carbocycles. The number of nitrogen functional groups attached to an aromatic ring is 1. The lowest BCUT2D eigenvalue weighted by Gasteiger charge is -2.10. The number of nitrogens with two attached hydrogens (primary N) is 1. The van der Waals surface area contributed by atoms with Crippen molar-refractivity contribution in [1.29, 1.82) is 0 Å². The number of fused-ring (bicyclic) bond motifs is 1. The molecule has 3 heterocycles. The highest BCUT2D eigenvalue weighted by Gasteiger charge is 2.36. The van der Waals surface area contributed by atoms with E-state index in [9.17, 15) is 18.0 Å². The smallest absolute Gasteiger partial charge is 0.397 e. The van der Waals surface area contributed by atoms with Gasteiger partial charge in [-0.2, -0.15) is 18.3 Å². The largest absolute Gasteiger partial charge is 0.417 e. The van der Waals surface area contributed by atoms with E-state index >= 15 is 0 Å². The maximum Gasteiger partial charge on any atom is 0.417 e. The molecule has 1 amide bonds. The molecule has 4 aromatic rings. The van der Waals surface area contributed by atoms with Crippen molar-refractivity contribution >= 4 is 50.7 Å². The topological polar surface area (TPSA) is 80.4 Å². The molecule has 4 rings (SSSR count). The molecule has 0 unspecified atom stereocenters. The number of pyridine rings is 1. The van der Waals surface area contributed by atoms with Crippen LogP contribution >= 0.6 is 22.7 Å². The third-order valence-corrected chi connectivity index (χ3v) is 6.43. The normalized spacial score (nSPS) is 12.0. The third-order valence-electron chi connectivity index (χ3n) is 4.44. The lowest BCUT2D eigenvalue weighted by atomic mass is 10.1. The van der Waals surface area contributed by atoms with E-state index in [0.29, 0.717) is 4.88 Å². The Morgan fingerprint density at radius 2 is 1.97 bits per heavy atom. The molecular weight excluding hydrogens is 445 g/mol. The van der Waals surface area contributed by atoms with Crippen molar-refractivity contribution < 1.29 is 18.0 Å². The van der Waals surface area contributed by atoms with Crippen LogP contribution in [0.2, 0.25) is 0 Å². The number of thiophene rings is 2. The number of nitrogens with one attached hydrogen (secondary N) is 1. The van der Waals surface area contributed by atoms with E-state index in [-0.39, 0.29) is 26.5 Å². The summed E-state index contributed by atoms with van der Waals surface area (Å²) in [6.45, 7) is 1.94. The van der Waals surface area contributed by atoms with Gasteiger partial charge in [0.15, 0.2) is 0 Å². The Morgan fingerprint density at radius 1 is 1.23 bits per heavy atom. The number of carbonyl (C=O) groups excluding carboxylic acids is 1. The Bertz CT molecular complexity index is 1280. The molecule has 158 valence electrons. The molecule has 0 radical (unpaired) electrons. The fraction of sp³-hybridized carbons (Fsp3) is 0.0952. The first kappa shape index (κ1) is 21.0. The molecule has 0 atom stereocenters.